The van der Waals surface area contributed by atoms with Gasteiger partial charge in [-0.2, -0.15) is 11.3 Å². The summed E-state index contributed by atoms with van der Waals surface area (Å²) in [6, 6.07) is 2.04. The number of hydrogen-bond acceptors (Lipinski definition) is 2. The monoisotopic (exact) mass is 310 g/mol. The zero-order chi connectivity index (χ0) is 15.2. The van der Waals surface area contributed by atoms with E-state index in [1.54, 1.807) is 11.3 Å². The van der Waals surface area contributed by atoms with Gasteiger partial charge < -0.3 is 5.11 Å². The van der Waals surface area contributed by atoms with E-state index in [9.17, 15) is 5.11 Å². The second-order valence-electron chi connectivity index (χ2n) is 6.25. The van der Waals surface area contributed by atoms with Crippen LogP contribution in [-0.2, 0) is 0 Å². The Balaban J connectivity index is 1.78. The maximum Gasteiger partial charge on any atom is 0.0798 e. The first-order chi connectivity index (χ1) is 10.3. The van der Waals surface area contributed by atoms with Gasteiger partial charge >= 0.3 is 0 Å². The molecule has 0 fully saturated rings. The summed E-state index contributed by atoms with van der Waals surface area (Å²) < 4.78 is 0. The Kier molecular flexibility index (Phi) is 11.9. The topological polar surface area (TPSA) is 20.2 Å². The normalized spacial score (nSPS) is 12.7. The molecule has 0 aliphatic rings. The molecular weight excluding hydrogens is 276 g/mol. The summed E-state index contributed by atoms with van der Waals surface area (Å²) in [6.07, 6.45) is 17.2. The third kappa shape index (κ3) is 10.1. The fraction of sp³-hybridized carbons (Fsp3) is 0.789. The molecule has 1 atom stereocenters. The van der Waals surface area contributed by atoms with Gasteiger partial charge in [0.2, 0.25) is 0 Å². The predicted molar refractivity (Wildman–Crippen MR) is 95.0 cm³/mol. The van der Waals surface area contributed by atoms with Gasteiger partial charge in [-0.15, -0.1) is 0 Å². The van der Waals surface area contributed by atoms with E-state index in [2.05, 4.69) is 12.3 Å². The highest BCUT2D eigenvalue weighted by Crippen LogP contribution is 2.22. The van der Waals surface area contributed by atoms with Gasteiger partial charge in [0.1, 0.15) is 0 Å². The molecule has 0 aromatic carbocycles. The van der Waals surface area contributed by atoms with Gasteiger partial charge in [0.05, 0.1) is 6.10 Å². The molecule has 21 heavy (non-hydrogen) atoms. The first-order valence-electron chi connectivity index (χ1n) is 9.04. The third-order valence-electron chi connectivity index (χ3n) is 4.26. The fourth-order valence-corrected chi connectivity index (χ4v) is 3.52. The standard InChI is InChI=1S/C19H34OS/c1-2-3-4-5-6-7-8-9-10-11-12-13-14-19(20)18-15-16-21-17-18/h15-17,19-20H,2-14H2,1H3. The molecule has 0 radical (unpaired) electrons. The molecule has 1 nitrogen and oxygen atoms in total. The Bertz CT molecular complexity index is 307. The van der Waals surface area contributed by atoms with Crippen LogP contribution in [0.5, 0.6) is 0 Å². The quantitative estimate of drug-likeness (QED) is 0.372. The van der Waals surface area contributed by atoms with Crippen molar-refractivity contribution in [3.05, 3.63) is 22.4 Å². The van der Waals surface area contributed by atoms with Crippen molar-refractivity contribution in [2.75, 3.05) is 0 Å². The van der Waals surface area contributed by atoms with Crippen molar-refractivity contribution >= 4 is 11.3 Å². The third-order valence-corrected chi connectivity index (χ3v) is 4.96. The molecule has 1 rings (SSSR count). The molecule has 0 saturated heterocycles. The van der Waals surface area contributed by atoms with Crippen LogP contribution in [0.15, 0.2) is 16.8 Å². The summed E-state index contributed by atoms with van der Waals surface area (Å²) in [5, 5.41) is 14.1. The van der Waals surface area contributed by atoms with Crippen molar-refractivity contribution in [1.82, 2.24) is 0 Å². The average Bonchev–Trinajstić information content (AvgIpc) is 3.02. The Morgan fingerprint density at radius 1 is 0.857 bits per heavy atom. The minimum absolute atomic E-state index is 0.237. The smallest absolute Gasteiger partial charge is 0.0798 e. The molecule has 0 amide bonds. The van der Waals surface area contributed by atoms with Crippen molar-refractivity contribution in [3.63, 3.8) is 0 Å². The first-order valence-corrected chi connectivity index (χ1v) is 9.99. The lowest BCUT2D eigenvalue weighted by atomic mass is 10.0. The van der Waals surface area contributed by atoms with Crippen LogP contribution in [0.4, 0.5) is 0 Å². The molecular formula is C19H34OS. The van der Waals surface area contributed by atoms with Crippen molar-refractivity contribution in [2.24, 2.45) is 0 Å². The lowest BCUT2D eigenvalue weighted by molar-refractivity contribution is 0.164. The molecule has 0 spiro atoms. The van der Waals surface area contributed by atoms with Crippen LogP contribution >= 0.6 is 11.3 Å². The van der Waals surface area contributed by atoms with Gasteiger partial charge in [0.25, 0.3) is 0 Å². The molecule has 2 heteroatoms. The second-order valence-corrected chi connectivity index (χ2v) is 7.03. The van der Waals surface area contributed by atoms with Crippen LogP contribution in [0.1, 0.15) is 102 Å². The number of thiophene rings is 1. The Hall–Kier alpha value is -0.340. The highest BCUT2D eigenvalue weighted by molar-refractivity contribution is 7.07. The van der Waals surface area contributed by atoms with Gasteiger partial charge in [0, 0.05) is 0 Å². The molecule has 0 aliphatic heterocycles. The minimum atomic E-state index is -0.237. The van der Waals surface area contributed by atoms with Crippen molar-refractivity contribution in [1.29, 1.82) is 0 Å². The van der Waals surface area contributed by atoms with Gasteiger partial charge in [0.15, 0.2) is 0 Å². The van der Waals surface area contributed by atoms with E-state index in [4.69, 9.17) is 0 Å². The molecule has 1 aromatic heterocycles. The van der Waals surface area contributed by atoms with E-state index < -0.39 is 0 Å². The van der Waals surface area contributed by atoms with E-state index in [1.807, 2.05) is 11.4 Å². The highest BCUT2D eigenvalue weighted by atomic mass is 32.1. The summed E-state index contributed by atoms with van der Waals surface area (Å²) in [6.45, 7) is 2.28. The summed E-state index contributed by atoms with van der Waals surface area (Å²) in [4.78, 5) is 0. The van der Waals surface area contributed by atoms with E-state index in [0.29, 0.717) is 0 Å². The highest BCUT2D eigenvalue weighted by Gasteiger charge is 2.06. The number of rotatable bonds is 14. The lowest BCUT2D eigenvalue weighted by Crippen LogP contribution is -1.95. The largest absolute Gasteiger partial charge is 0.388 e. The average molecular weight is 311 g/mol. The Morgan fingerprint density at radius 2 is 1.38 bits per heavy atom. The SMILES string of the molecule is CCCCCCCCCCCCCCC(O)c1ccsc1. The molecule has 0 saturated carbocycles. The number of hydrogen-bond donors (Lipinski definition) is 1. The van der Waals surface area contributed by atoms with Crippen molar-refractivity contribution in [2.45, 2.75) is 96.5 Å². The molecule has 0 aliphatic carbocycles. The number of aliphatic hydroxyl groups excluding tert-OH is 1. The Morgan fingerprint density at radius 3 is 1.86 bits per heavy atom. The Labute approximate surface area is 135 Å². The van der Waals surface area contributed by atoms with E-state index in [0.717, 1.165) is 18.4 Å². The maximum absolute atomic E-state index is 9.98. The van der Waals surface area contributed by atoms with Crippen molar-refractivity contribution in [3.8, 4) is 0 Å². The fourth-order valence-electron chi connectivity index (χ4n) is 2.81. The molecule has 1 aromatic rings. The molecule has 1 N–H and O–H groups in total. The molecule has 122 valence electrons. The van der Waals surface area contributed by atoms with E-state index in [-0.39, 0.29) is 6.10 Å². The van der Waals surface area contributed by atoms with Gasteiger partial charge in [-0.3, -0.25) is 0 Å². The minimum Gasteiger partial charge on any atom is -0.388 e. The van der Waals surface area contributed by atoms with E-state index in [1.165, 1.54) is 70.6 Å². The predicted octanol–water partition coefficient (Wildman–Crippen LogP) is 6.87. The number of aliphatic hydroxyl groups is 1. The van der Waals surface area contributed by atoms with Crippen LogP contribution in [0, 0.1) is 0 Å². The first kappa shape index (κ1) is 18.7. The second kappa shape index (κ2) is 13.3. The van der Waals surface area contributed by atoms with Crippen LogP contribution in [0.25, 0.3) is 0 Å². The zero-order valence-corrected chi connectivity index (χ0v) is 14.7. The number of unbranched alkanes of at least 4 members (excludes halogenated alkanes) is 11. The lowest BCUT2D eigenvalue weighted by Gasteiger charge is -2.08. The van der Waals surface area contributed by atoms with Crippen LogP contribution in [-0.4, -0.2) is 5.11 Å². The molecule has 0 bridgehead atoms. The van der Waals surface area contributed by atoms with Crippen molar-refractivity contribution < 1.29 is 5.11 Å². The summed E-state index contributed by atoms with van der Waals surface area (Å²) >= 11 is 1.67. The van der Waals surface area contributed by atoms with Gasteiger partial charge in [-0.25, -0.2) is 0 Å². The summed E-state index contributed by atoms with van der Waals surface area (Å²) in [5.41, 5.74) is 1.10. The van der Waals surface area contributed by atoms with Crippen LogP contribution in [0.2, 0.25) is 0 Å². The van der Waals surface area contributed by atoms with Gasteiger partial charge in [-0.1, -0.05) is 84.0 Å². The maximum atomic E-state index is 9.98. The van der Waals surface area contributed by atoms with Gasteiger partial charge in [-0.05, 0) is 28.8 Å². The summed E-state index contributed by atoms with van der Waals surface area (Å²) in [5.74, 6) is 0. The molecule has 1 unspecified atom stereocenters. The van der Waals surface area contributed by atoms with Crippen LogP contribution < -0.4 is 0 Å². The zero-order valence-electron chi connectivity index (χ0n) is 13.9. The van der Waals surface area contributed by atoms with E-state index >= 15 is 0 Å². The molecule has 1 heterocycles. The summed E-state index contributed by atoms with van der Waals surface area (Å²) in [7, 11) is 0. The van der Waals surface area contributed by atoms with Crippen LogP contribution in [0.3, 0.4) is 0 Å².